The molecule has 0 unspecified atom stereocenters. The molecule has 1 rings (SSSR count). The van der Waals surface area contributed by atoms with Crippen LogP contribution in [0.1, 0.15) is 26.2 Å². The van der Waals surface area contributed by atoms with E-state index in [0.717, 1.165) is 32.4 Å². The smallest absolute Gasteiger partial charge is 0.320 e. The molecule has 4 heteroatoms. The summed E-state index contributed by atoms with van der Waals surface area (Å²) in [4.78, 5) is 12.7. The van der Waals surface area contributed by atoms with Gasteiger partial charge in [-0.2, -0.15) is 0 Å². The monoisotopic (exact) mass is 193 g/mol. The Kier molecular flexibility index (Phi) is 5.25. The molecule has 1 fully saturated rings. The number of halogens is 1. The molecule has 0 bridgehead atoms. The first kappa shape index (κ1) is 11.7. The Morgan fingerprint density at radius 3 is 2.67 bits per heavy atom. The fraction of sp³-hybridized carbons (Fsp3) is 0.875. The maximum absolute atomic E-state index is 10.7. The number of carbonyl (C=O) groups is 1. The number of likely N-dealkylation sites (N-methyl/N-ethyl adjacent to an activating group) is 1. The van der Waals surface area contributed by atoms with Crippen molar-refractivity contribution in [2.45, 2.75) is 32.2 Å². The van der Waals surface area contributed by atoms with Gasteiger partial charge in [-0.15, -0.1) is 12.4 Å². The van der Waals surface area contributed by atoms with Crippen molar-refractivity contribution < 1.29 is 9.90 Å². The van der Waals surface area contributed by atoms with Gasteiger partial charge in [0.05, 0.1) is 0 Å². The van der Waals surface area contributed by atoms with Crippen LogP contribution in [0.4, 0.5) is 0 Å². The van der Waals surface area contributed by atoms with Gasteiger partial charge in [0.1, 0.15) is 6.04 Å². The van der Waals surface area contributed by atoms with Crippen LogP contribution < -0.4 is 0 Å². The number of nitrogens with zero attached hydrogens (tertiary/aromatic N) is 1. The Bertz CT molecular complexity index is 152. The van der Waals surface area contributed by atoms with Gasteiger partial charge >= 0.3 is 5.97 Å². The second-order valence-electron chi connectivity index (χ2n) is 2.98. The number of aliphatic carboxylic acids is 1. The summed E-state index contributed by atoms with van der Waals surface area (Å²) in [6.45, 7) is 3.83. The molecule has 1 aliphatic rings. The number of carboxylic acids is 1. The van der Waals surface area contributed by atoms with Crippen LogP contribution in [0.2, 0.25) is 0 Å². The van der Waals surface area contributed by atoms with Gasteiger partial charge in [-0.1, -0.05) is 13.3 Å². The van der Waals surface area contributed by atoms with Crippen LogP contribution in [0.3, 0.4) is 0 Å². The summed E-state index contributed by atoms with van der Waals surface area (Å²) in [5.74, 6) is -0.661. The largest absolute Gasteiger partial charge is 0.480 e. The SMILES string of the molecule is CCN1CCCC[C@@H]1C(=O)O.Cl. The topological polar surface area (TPSA) is 40.5 Å². The van der Waals surface area contributed by atoms with Crippen LogP contribution in [0.25, 0.3) is 0 Å². The third-order valence-corrected chi connectivity index (χ3v) is 2.30. The molecule has 72 valence electrons. The van der Waals surface area contributed by atoms with Gasteiger partial charge in [-0.25, -0.2) is 0 Å². The molecule has 1 saturated heterocycles. The molecule has 0 radical (unpaired) electrons. The van der Waals surface area contributed by atoms with Crippen LogP contribution in [0.5, 0.6) is 0 Å². The van der Waals surface area contributed by atoms with E-state index in [1.165, 1.54) is 0 Å². The van der Waals surface area contributed by atoms with Crippen molar-refractivity contribution in [3.05, 3.63) is 0 Å². The summed E-state index contributed by atoms with van der Waals surface area (Å²) in [6.07, 6.45) is 3.04. The van der Waals surface area contributed by atoms with Crippen molar-refractivity contribution in [1.29, 1.82) is 0 Å². The molecule has 1 heterocycles. The second kappa shape index (κ2) is 5.38. The van der Waals surface area contributed by atoms with Crippen LogP contribution in [0, 0.1) is 0 Å². The first-order valence-electron chi connectivity index (χ1n) is 4.22. The minimum Gasteiger partial charge on any atom is -0.480 e. The number of likely N-dealkylation sites (tertiary alicyclic amines) is 1. The van der Waals surface area contributed by atoms with E-state index < -0.39 is 5.97 Å². The number of rotatable bonds is 2. The predicted octanol–water partition coefficient (Wildman–Crippen LogP) is 1.37. The highest BCUT2D eigenvalue weighted by molar-refractivity contribution is 5.85. The van der Waals surface area contributed by atoms with E-state index in [9.17, 15) is 4.79 Å². The standard InChI is InChI=1S/C8H15NO2.ClH/c1-2-9-6-4-3-5-7(9)8(10)11;/h7H,2-6H2,1H3,(H,10,11);1H/t7-;/m1./s1. The van der Waals surface area contributed by atoms with Gasteiger partial charge in [0, 0.05) is 0 Å². The lowest BCUT2D eigenvalue weighted by atomic mass is 10.0. The Labute approximate surface area is 79.2 Å². The van der Waals surface area contributed by atoms with E-state index in [2.05, 4.69) is 0 Å². The molecule has 1 aliphatic heterocycles. The van der Waals surface area contributed by atoms with E-state index in [1.54, 1.807) is 0 Å². The highest BCUT2D eigenvalue weighted by Gasteiger charge is 2.26. The van der Waals surface area contributed by atoms with Crippen molar-refractivity contribution >= 4 is 18.4 Å². The summed E-state index contributed by atoms with van der Waals surface area (Å²) in [6, 6.07) is -0.214. The van der Waals surface area contributed by atoms with Gasteiger partial charge in [-0.3, -0.25) is 9.69 Å². The quantitative estimate of drug-likeness (QED) is 0.720. The van der Waals surface area contributed by atoms with E-state index >= 15 is 0 Å². The summed E-state index contributed by atoms with van der Waals surface area (Å²) in [7, 11) is 0. The highest BCUT2D eigenvalue weighted by atomic mass is 35.5. The molecule has 0 saturated carbocycles. The third-order valence-electron chi connectivity index (χ3n) is 2.30. The molecule has 0 aliphatic carbocycles. The van der Waals surface area contributed by atoms with Crippen LogP contribution >= 0.6 is 12.4 Å². The minimum absolute atomic E-state index is 0. The van der Waals surface area contributed by atoms with E-state index in [0.29, 0.717) is 0 Å². The van der Waals surface area contributed by atoms with Crippen molar-refractivity contribution in [2.24, 2.45) is 0 Å². The molecular weight excluding hydrogens is 178 g/mol. The first-order valence-corrected chi connectivity index (χ1v) is 4.22. The molecule has 0 amide bonds. The van der Waals surface area contributed by atoms with Gasteiger partial charge in [0.25, 0.3) is 0 Å². The molecule has 0 aromatic rings. The van der Waals surface area contributed by atoms with Crippen molar-refractivity contribution in [1.82, 2.24) is 4.90 Å². The Morgan fingerprint density at radius 2 is 2.25 bits per heavy atom. The predicted molar refractivity (Wildman–Crippen MR) is 49.8 cm³/mol. The zero-order valence-electron chi connectivity index (χ0n) is 7.32. The van der Waals surface area contributed by atoms with Gasteiger partial charge in [-0.05, 0) is 25.9 Å². The molecule has 1 atom stereocenters. The van der Waals surface area contributed by atoms with Crippen LogP contribution in [-0.2, 0) is 4.79 Å². The highest BCUT2D eigenvalue weighted by Crippen LogP contribution is 2.16. The van der Waals surface area contributed by atoms with E-state index in [1.807, 2.05) is 11.8 Å². The first-order chi connectivity index (χ1) is 5.25. The van der Waals surface area contributed by atoms with Crippen molar-refractivity contribution in [3.8, 4) is 0 Å². The summed E-state index contributed by atoms with van der Waals surface area (Å²) in [5, 5.41) is 8.80. The van der Waals surface area contributed by atoms with Crippen molar-refractivity contribution in [3.63, 3.8) is 0 Å². The molecule has 12 heavy (non-hydrogen) atoms. The lowest BCUT2D eigenvalue weighted by molar-refractivity contribution is -0.144. The molecule has 3 nitrogen and oxygen atoms in total. The molecular formula is C8H16ClNO2. The number of piperidine rings is 1. The minimum atomic E-state index is -0.661. The fourth-order valence-corrected chi connectivity index (χ4v) is 1.65. The fourth-order valence-electron chi connectivity index (χ4n) is 1.65. The number of carboxylic acid groups (broad SMARTS) is 1. The average Bonchev–Trinajstić information content (AvgIpc) is 2.04. The van der Waals surface area contributed by atoms with Crippen LogP contribution in [-0.4, -0.2) is 35.1 Å². The zero-order valence-corrected chi connectivity index (χ0v) is 8.14. The Morgan fingerprint density at radius 1 is 1.58 bits per heavy atom. The summed E-state index contributed by atoms with van der Waals surface area (Å²) >= 11 is 0. The van der Waals surface area contributed by atoms with E-state index in [-0.39, 0.29) is 18.4 Å². The van der Waals surface area contributed by atoms with Gasteiger partial charge in [0.2, 0.25) is 0 Å². The Hall–Kier alpha value is -0.280. The molecule has 0 spiro atoms. The average molecular weight is 194 g/mol. The lowest BCUT2D eigenvalue weighted by Crippen LogP contribution is -2.44. The van der Waals surface area contributed by atoms with Crippen LogP contribution in [0.15, 0.2) is 0 Å². The van der Waals surface area contributed by atoms with E-state index in [4.69, 9.17) is 5.11 Å². The van der Waals surface area contributed by atoms with Gasteiger partial charge < -0.3 is 5.11 Å². The Balaban J connectivity index is 0.00000121. The number of hydrogen-bond donors (Lipinski definition) is 1. The molecule has 0 aromatic heterocycles. The maximum Gasteiger partial charge on any atom is 0.320 e. The third kappa shape index (κ3) is 2.64. The summed E-state index contributed by atoms with van der Waals surface area (Å²) in [5.41, 5.74) is 0. The normalized spacial score (nSPS) is 24.6. The molecule has 0 aromatic carbocycles. The summed E-state index contributed by atoms with van der Waals surface area (Å²) < 4.78 is 0. The lowest BCUT2D eigenvalue weighted by Gasteiger charge is -2.31. The maximum atomic E-state index is 10.7. The zero-order chi connectivity index (χ0) is 8.27. The van der Waals surface area contributed by atoms with Gasteiger partial charge in [0.15, 0.2) is 0 Å². The van der Waals surface area contributed by atoms with Crippen molar-refractivity contribution in [2.75, 3.05) is 13.1 Å². The second-order valence-corrected chi connectivity index (χ2v) is 2.98. The molecule has 1 N–H and O–H groups in total. The number of hydrogen-bond acceptors (Lipinski definition) is 2.